The Morgan fingerprint density at radius 1 is 1.14 bits per heavy atom. The smallest absolute Gasteiger partial charge is 0.254 e. The minimum Gasteiger partial charge on any atom is -0.367 e. The highest BCUT2D eigenvalue weighted by molar-refractivity contribution is 5.43. The largest absolute Gasteiger partial charge is 0.367 e. The Kier molecular flexibility index (Phi) is 6.16. The van der Waals surface area contributed by atoms with E-state index in [4.69, 9.17) is 0 Å². The Bertz CT molecular complexity index is 563. The Hall–Kier alpha value is -1.65. The van der Waals surface area contributed by atoms with E-state index in [0.717, 1.165) is 11.7 Å². The quantitative estimate of drug-likeness (QED) is 0.755. The second-order valence-corrected chi connectivity index (χ2v) is 6.48. The van der Waals surface area contributed by atoms with Crippen molar-refractivity contribution in [3.63, 3.8) is 0 Å². The van der Waals surface area contributed by atoms with E-state index in [0.29, 0.717) is 17.7 Å². The zero-order valence-corrected chi connectivity index (χ0v) is 14.3. The van der Waals surface area contributed by atoms with E-state index in [1.807, 2.05) is 6.07 Å². The number of nitrogens with one attached hydrogen (secondary N) is 1. The molecule has 122 valence electrons. The van der Waals surface area contributed by atoms with Gasteiger partial charge in [-0.25, -0.2) is 4.98 Å². The van der Waals surface area contributed by atoms with Gasteiger partial charge in [0.15, 0.2) is 0 Å². The maximum absolute atomic E-state index is 4.27. The summed E-state index contributed by atoms with van der Waals surface area (Å²) in [5, 5.41) is 7.98. The highest BCUT2D eigenvalue weighted by Crippen LogP contribution is 2.25. The lowest BCUT2D eigenvalue weighted by Gasteiger charge is -2.28. The molecule has 0 aliphatic carbocycles. The maximum atomic E-state index is 4.27. The zero-order chi connectivity index (χ0) is 15.9. The average Bonchev–Trinajstić information content (AvgIpc) is 2.97. The molecule has 0 saturated carbocycles. The lowest BCUT2D eigenvalue weighted by molar-refractivity contribution is 0.351. The molecule has 2 heterocycles. The van der Waals surface area contributed by atoms with Crippen molar-refractivity contribution < 1.29 is 0 Å². The molecule has 5 heteroatoms. The third-order valence-corrected chi connectivity index (χ3v) is 4.32. The van der Waals surface area contributed by atoms with Crippen molar-refractivity contribution >= 4 is 11.6 Å². The molecule has 2 atom stereocenters. The van der Waals surface area contributed by atoms with Crippen LogP contribution in [-0.4, -0.2) is 25.6 Å². The summed E-state index contributed by atoms with van der Waals surface area (Å²) in [5.41, 5.74) is 0. The first-order valence-corrected chi connectivity index (χ1v) is 8.56. The fraction of sp³-hybridized carbons (Fsp3) is 0.706. The van der Waals surface area contributed by atoms with Gasteiger partial charge in [0.05, 0.1) is 0 Å². The van der Waals surface area contributed by atoms with Crippen LogP contribution in [0.2, 0.25) is 0 Å². The fourth-order valence-corrected chi connectivity index (χ4v) is 3.01. The van der Waals surface area contributed by atoms with Crippen LogP contribution in [0.3, 0.4) is 0 Å². The average molecular weight is 303 g/mol. The van der Waals surface area contributed by atoms with Gasteiger partial charge in [-0.2, -0.15) is 14.6 Å². The second kappa shape index (κ2) is 8.11. The molecule has 0 bridgehead atoms. The van der Waals surface area contributed by atoms with Gasteiger partial charge in [-0.1, -0.05) is 47.0 Å². The zero-order valence-electron chi connectivity index (χ0n) is 14.3. The summed E-state index contributed by atoms with van der Waals surface area (Å²) >= 11 is 0. The lowest BCUT2D eigenvalue weighted by atomic mass is 9.87. The predicted octanol–water partition coefficient (Wildman–Crippen LogP) is 4.17. The summed E-state index contributed by atoms with van der Waals surface area (Å²) < 4.78 is 1.79. The molecule has 2 aromatic heterocycles. The number of aromatic nitrogens is 4. The van der Waals surface area contributed by atoms with E-state index in [1.54, 1.807) is 17.0 Å². The van der Waals surface area contributed by atoms with Crippen LogP contribution in [-0.2, 0) is 0 Å². The predicted molar refractivity (Wildman–Crippen MR) is 91.0 cm³/mol. The minimum absolute atomic E-state index is 0.476. The van der Waals surface area contributed by atoms with Crippen LogP contribution in [0.15, 0.2) is 18.6 Å². The van der Waals surface area contributed by atoms with E-state index in [2.05, 4.69) is 48.1 Å². The normalized spacial score (nSPS) is 14.4. The van der Waals surface area contributed by atoms with Gasteiger partial charge in [0.25, 0.3) is 5.78 Å². The molecule has 0 spiro atoms. The Morgan fingerprint density at radius 3 is 2.64 bits per heavy atom. The molecule has 0 saturated heterocycles. The molecular weight excluding hydrogens is 274 g/mol. The molecule has 0 amide bonds. The third kappa shape index (κ3) is 4.18. The van der Waals surface area contributed by atoms with Crippen LogP contribution in [0.4, 0.5) is 5.82 Å². The maximum Gasteiger partial charge on any atom is 0.254 e. The first-order chi connectivity index (χ1) is 10.7. The van der Waals surface area contributed by atoms with Crippen LogP contribution < -0.4 is 5.32 Å². The van der Waals surface area contributed by atoms with Crippen molar-refractivity contribution in [3.8, 4) is 0 Å². The van der Waals surface area contributed by atoms with E-state index in [-0.39, 0.29) is 0 Å². The van der Waals surface area contributed by atoms with Crippen LogP contribution in [0.1, 0.15) is 59.8 Å². The van der Waals surface area contributed by atoms with Gasteiger partial charge in [-0.05, 0) is 30.7 Å². The SMILES string of the molecule is CCCC(Nc1ccnc2ncnn12)C(CC)CCC(C)C. The van der Waals surface area contributed by atoms with E-state index in [9.17, 15) is 0 Å². The number of fused-ring (bicyclic) bond motifs is 1. The molecule has 0 aromatic carbocycles. The highest BCUT2D eigenvalue weighted by Gasteiger charge is 2.20. The number of nitrogens with zero attached hydrogens (tertiary/aromatic N) is 4. The highest BCUT2D eigenvalue weighted by atomic mass is 15.4. The number of anilines is 1. The Labute approximate surface area is 133 Å². The van der Waals surface area contributed by atoms with Gasteiger partial charge in [-0.3, -0.25) is 0 Å². The standard InChI is InChI=1S/C17H29N5/c1-5-7-15(14(6-2)9-8-13(3)4)21-16-10-11-18-17-19-12-20-22(16)17/h10-15,21H,5-9H2,1-4H3. The molecular formula is C17H29N5. The van der Waals surface area contributed by atoms with Crippen LogP contribution in [0.5, 0.6) is 0 Å². The summed E-state index contributed by atoms with van der Waals surface area (Å²) in [5.74, 6) is 3.09. The van der Waals surface area contributed by atoms with Gasteiger partial charge in [-0.15, -0.1) is 0 Å². The van der Waals surface area contributed by atoms with Crippen LogP contribution in [0, 0.1) is 11.8 Å². The van der Waals surface area contributed by atoms with Crippen molar-refractivity contribution in [2.75, 3.05) is 5.32 Å². The Morgan fingerprint density at radius 2 is 1.95 bits per heavy atom. The molecule has 0 radical (unpaired) electrons. The third-order valence-electron chi connectivity index (χ3n) is 4.32. The molecule has 2 unspecified atom stereocenters. The van der Waals surface area contributed by atoms with Gasteiger partial charge < -0.3 is 5.32 Å². The van der Waals surface area contributed by atoms with E-state index < -0.39 is 0 Å². The van der Waals surface area contributed by atoms with Crippen molar-refractivity contribution in [3.05, 3.63) is 18.6 Å². The van der Waals surface area contributed by atoms with Crippen molar-refractivity contribution in [1.82, 2.24) is 19.6 Å². The summed E-state index contributed by atoms with van der Waals surface area (Å²) in [6.07, 6.45) is 9.47. The summed E-state index contributed by atoms with van der Waals surface area (Å²) in [6.45, 7) is 9.15. The van der Waals surface area contributed by atoms with Crippen molar-refractivity contribution in [2.45, 2.75) is 65.8 Å². The number of hydrogen-bond acceptors (Lipinski definition) is 4. The summed E-state index contributed by atoms with van der Waals surface area (Å²) in [7, 11) is 0. The first kappa shape index (κ1) is 16.7. The lowest BCUT2D eigenvalue weighted by Crippen LogP contribution is -2.30. The Balaban J connectivity index is 2.14. The fourth-order valence-electron chi connectivity index (χ4n) is 3.01. The second-order valence-electron chi connectivity index (χ2n) is 6.48. The van der Waals surface area contributed by atoms with Crippen molar-refractivity contribution in [2.24, 2.45) is 11.8 Å². The minimum atomic E-state index is 0.476. The van der Waals surface area contributed by atoms with Gasteiger partial charge in [0.1, 0.15) is 12.1 Å². The molecule has 0 aliphatic heterocycles. The van der Waals surface area contributed by atoms with E-state index in [1.165, 1.54) is 32.1 Å². The molecule has 2 rings (SSSR count). The molecule has 0 fully saturated rings. The monoisotopic (exact) mass is 303 g/mol. The number of rotatable bonds is 9. The summed E-state index contributed by atoms with van der Waals surface area (Å²) in [4.78, 5) is 8.39. The van der Waals surface area contributed by atoms with Gasteiger partial charge in [0, 0.05) is 12.2 Å². The van der Waals surface area contributed by atoms with Gasteiger partial charge in [0.2, 0.25) is 0 Å². The molecule has 22 heavy (non-hydrogen) atoms. The molecule has 5 nitrogen and oxygen atoms in total. The topological polar surface area (TPSA) is 55.1 Å². The number of hydrogen-bond donors (Lipinski definition) is 1. The summed E-state index contributed by atoms with van der Waals surface area (Å²) in [6, 6.07) is 2.46. The van der Waals surface area contributed by atoms with E-state index >= 15 is 0 Å². The van der Waals surface area contributed by atoms with Crippen LogP contribution in [0.25, 0.3) is 5.78 Å². The van der Waals surface area contributed by atoms with Gasteiger partial charge >= 0.3 is 0 Å². The van der Waals surface area contributed by atoms with Crippen molar-refractivity contribution in [1.29, 1.82) is 0 Å². The van der Waals surface area contributed by atoms with Crippen LogP contribution >= 0.6 is 0 Å². The first-order valence-electron chi connectivity index (χ1n) is 8.56. The molecule has 0 aliphatic rings. The molecule has 2 aromatic rings. The molecule has 1 N–H and O–H groups in total.